The quantitative estimate of drug-likeness (QED) is 0.0532. The summed E-state index contributed by atoms with van der Waals surface area (Å²) in [5.41, 5.74) is 5.81. The molecule has 3 heterocycles. The molecule has 2 amide bonds. The molecule has 6 rings (SSSR count). The van der Waals surface area contributed by atoms with Gasteiger partial charge in [0.1, 0.15) is 49.1 Å². The summed E-state index contributed by atoms with van der Waals surface area (Å²) < 4.78 is 41.3. The molecule has 6 N–H and O–H groups in total. The minimum atomic E-state index is -4.37. The van der Waals surface area contributed by atoms with Crippen LogP contribution in [0.15, 0.2) is 89.3 Å². The summed E-state index contributed by atoms with van der Waals surface area (Å²) in [4.78, 5) is 57.8. The van der Waals surface area contributed by atoms with E-state index in [0.29, 0.717) is 22.0 Å². The average Bonchev–Trinajstić information content (AvgIpc) is 3.69. The Morgan fingerprint density at radius 3 is 2.33 bits per heavy atom. The number of urea groups is 1. The number of nitro benzene ring substituents is 1. The molecule has 24 heteroatoms. The number of amides is 2. The fourth-order valence-corrected chi connectivity index (χ4v) is 6.94. The number of halogens is 2. The topological polar surface area (TPSA) is 298 Å². The minimum absolute atomic E-state index is 0.0352. The number of nitrogens with one attached hydrogen (secondary N) is 2. The number of carbonyl (C=O) groups is 3. The summed E-state index contributed by atoms with van der Waals surface area (Å²) in [6.07, 6.45) is 1.60. The number of benzene rings is 3. The molecule has 0 fully saturated rings. The number of aliphatic carboxylic acids is 1. The number of nitrogens with zero attached hydrogens (tertiary/aromatic N) is 5. The molecule has 0 saturated carbocycles. The Labute approximate surface area is 341 Å². The van der Waals surface area contributed by atoms with Crippen LogP contribution in [0.25, 0.3) is 10.9 Å². The van der Waals surface area contributed by atoms with Gasteiger partial charge in [-0.1, -0.05) is 41.4 Å². The predicted octanol–water partition coefficient (Wildman–Crippen LogP) is 6.43. The number of ether oxygens (including phenoxy) is 3. The summed E-state index contributed by atoms with van der Waals surface area (Å²) in [5.74, 6) is -1.15. The van der Waals surface area contributed by atoms with E-state index in [1.165, 1.54) is 31.5 Å². The number of pyridine rings is 1. The van der Waals surface area contributed by atoms with Gasteiger partial charge in [0.15, 0.2) is 6.61 Å². The standard InChI is InChI=1S/C12H9ClN2O3.C11H8ClNO3.C11H11N5O6S2/c13-11-10(18-8-4-2-1-3-5-8)7-6-9(12(11)14)15(16)17;12-8-3-4-9(16-6-10(14)15)11-7(8)2-1-5-13-11;1-5-12-9(15-11(13-5)22-2)14-10(19)16-24(20,21)6-3-4-23-7(6)8(17)18/h1-7H,14H2;1-5H,6H2,(H,14,15);3-4H,1-2H3,(H,17,18)(H2,12,13,14,15,16,19). The number of carbonyl (C=O) groups excluding carboxylic acids is 1. The van der Waals surface area contributed by atoms with Gasteiger partial charge in [-0.05, 0) is 60.8 Å². The number of hydrogen-bond donors (Lipinski definition) is 5. The molecule has 6 aromatic rings. The van der Waals surface area contributed by atoms with E-state index in [-0.39, 0.29) is 39.9 Å². The van der Waals surface area contributed by atoms with Crippen molar-refractivity contribution in [1.82, 2.24) is 24.7 Å². The molecule has 58 heavy (non-hydrogen) atoms. The van der Waals surface area contributed by atoms with Crippen molar-refractivity contribution in [3.63, 3.8) is 0 Å². The van der Waals surface area contributed by atoms with Gasteiger partial charge >= 0.3 is 24.0 Å². The third kappa shape index (κ3) is 11.8. The number of nitro groups is 1. The van der Waals surface area contributed by atoms with E-state index in [4.69, 9.17) is 53.4 Å². The first-order valence-corrected chi connectivity index (χ1v) is 18.9. The Kier molecular flexibility index (Phi) is 15.0. The largest absolute Gasteiger partial charge is 0.480 e. The maximum Gasteiger partial charge on any atom is 0.347 e. The zero-order valence-corrected chi connectivity index (χ0v) is 32.8. The highest BCUT2D eigenvalue weighted by atomic mass is 35.5. The molecule has 20 nitrogen and oxygen atoms in total. The number of carboxylic acids is 2. The van der Waals surface area contributed by atoms with Crippen molar-refractivity contribution in [2.75, 3.05) is 24.8 Å². The second-order valence-electron chi connectivity index (χ2n) is 10.8. The van der Waals surface area contributed by atoms with E-state index in [1.54, 1.807) is 59.4 Å². The number of aryl methyl sites for hydroxylation is 1. The lowest BCUT2D eigenvalue weighted by molar-refractivity contribution is -0.383. The van der Waals surface area contributed by atoms with Crippen LogP contribution in [0, 0.1) is 17.0 Å². The number of aromatic nitrogens is 4. The fourth-order valence-electron chi connectivity index (χ4n) is 4.36. The van der Waals surface area contributed by atoms with Crippen LogP contribution >= 0.6 is 34.5 Å². The van der Waals surface area contributed by atoms with Crippen LogP contribution in [-0.4, -0.2) is 75.2 Å². The van der Waals surface area contributed by atoms with Crippen molar-refractivity contribution in [3.05, 3.63) is 115 Å². The van der Waals surface area contributed by atoms with Crippen molar-refractivity contribution in [1.29, 1.82) is 0 Å². The van der Waals surface area contributed by atoms with Gasteiger partial charge in [-0.3, -0.25) is 20.4 Å². The number of thiophene rings is 1. The van der Waals surface area contributed by atoms with Crippen LogP contribution in [0.3, 0.4) is 0 Å². The number of sulfonamides is 1. The number of para-hydroxylation sites is 1. The summed E-state index contributed by atoms with van der Waals surface area (Å²) >= 11 is 12.6. The molecule has 0 bridgehead atoms. The van der Waals surface area contributed by atoms with E-state index >= 15 is 0 Å². The van der Waals surface area contributed by atoms with Gasteiger partial charge in [0, 0.05) is 17.6 Å². The Bertz CT molecular complexity index is 2580. The lowest BCUT2D eigenvalue weighted by atomic mass is 10.2. The number of aromatic carboxylic acids is 1. The second kappa shape index (κ2) is 19.8. The molecule has 3 aromatic carbocycles. The van der Waals surface area contributed by atoms with Crippen LogP contribution < -0.4 is 30.0 Å². The smallest absolute Gasteiger partial charge is 0.347 e. The Balaban J connectivity index is 0.000000197. The molecule has 0 saturated heterocycles. The third-order valence-corrected chi connectivity index (χ3v) is 9.92. The first-order chi connectivity index (χ1) is 27.5. The highest BCUT2D eigenvalue weighted by molar-refractivity contribution is 7.90. The Morgan fingerprint density at radius 1 is 0.966 bits per heavy atom. The molecule has 0 unspecified atom stereocenters. The number of methoxy groups -OCH3 is 1. The number of nitrogen functional groups attached to an aromatic ring is 1. The Morgan fingerprint density at radius 2 is 1.67 bits per heavy atom. The number of fused-ring (bicyclic) bond motifs is 1. The van der Waals surface area contributed by atoms with Crippen molar-refractivity contribution in [2.24, 2.45) is 0 Å². The number of nitrogens with two attached hydrogens (primary N) is 1. The van der Waals surface area contributed by atoms with Crippen molar-refractivity contribution < 1.29 is 52.1 Å². The molecule has 3 aromatic heterocycles. The van der Waals surface area contributed by atoms with Gasteiger partial charge in [-0.25, -0.2) is 27.5 Å². The van der Waals surface area contributed by atoms with Crippen LogP contribution in [0.5, 0.6) is 23.3 Å². The number of anilines is 2. The number of rotatable bonds is 11. The second-order valence-corrected chi connectivity index (χ2v) is 14.1. The third-order valence-electron chi connectivity index (χ3n) is 6.79. The van der Waals surface area contributed by atoms with Gasteiger partial charge in [0.05, 0.1) is 17.1 Å². The highest BCUT2D eigenvalue weighted by Gasteiger charge is 2.26. The van der Waals surface area contributed by atoms with Crippen LogP contribution in [0.2, 0.25) is 10.0 Å². The first kappa shape index (κ1) is 43.8. The van der Waals surface area contributed by atoms with Crippen LogP contribution in [0.1, 0.15) is 15.5 Å². The molecule has 0 aliphatic heterocycles. The highest BCUT2D eigenvalue weighted by Crippen LogP contribution is 2.39. The normalized spacial score (nSPS) is 10.5. The van der Waals surface area contributed by atoms with E-state index in [9.17, 15) is 32.9 Å². The maximum absolute atomic E-state index is 12.1. The van der Waals surface area contributed by atoms with Gasteiger partial charge in [0.25, 0.3) is 15.7 Å². The van der Waals surface area contributed by atoms with Gasteiger partial charge < -0.3 is 30.2 Å². The van der Waals surface area contributed by atoms with E-state index in [1.807, 2.05) is 6.07 Å². The summed E-state index contributed by atoms with van der Waals surface area (Å²) in [6, 6.07) is 18.3. The van der Waals surface area contributed by atoms with Crippen molar-refractivity contribution >= 4 is 90.8 Å². The summed E-state index contributed by atoms with van der Waals surface area (Å²) in [5, 5.41) is 32.9. The summed E-state index contributed by atoms with van der Waals surface area (Å²) in [6.45, 7) is 1.13. The average molecular weight is 876 g/mol. The molecule has 0 radical (unpaired) electrons. The molecular weight excluding hydrogens is 847 g/mol. The lowest BCUT2D eigenvalue weighted by Gasteiger charge is -2.08. The van der Waals surface area contributed by atoms with E-state index in [2.05, 4.69) is 25.3 Å². The van der Waals surface area contributed by atoms with Crippen molar-refractivity contribution in [3.8, 4) is 23.3 Å². The van der Waals surface area contributed by atoms with Crippen LogP contribution in [-0.2, 0) is 14.8 Å². The van der Waals surface area contributed by atoms with Gasteiger partial charge in [-0.2, -0.15) is 15.0 Å². The first-order valence-electron chi connectivity index (χ1n) is 15.7. The zero-order valence-electron chi connectivity index (χ0n) is 29.7. The maximum atomic E-state index is 12.1. The molecule has 0 spiro atoms. The van der Waals surface area contributed by atoms with Gasteiger partial charge in [0.2, 0.25) is 5.95 Å². The SMILES string of the molecule is COc1nc(C)nc(NC(=O)NS(=O)(=O)c2ccsc2C(=O)O)n1.Nc1c([N+](=O)[O-])ccc(Oc2ccccc2)c1Cl.O=C(O)COc1ccc(Cl)c2cccnc12. The van der Waals surface area contributed by atoms with E-state index in [0.717, 1.165) is 22.8 Å². The fraction of sp³-hybridized carbons (Fsp3) is 0.0882. The zero-order chi connectivity index (χ0) is 42.6. The van der Waals surface area contributed by atoms with Gasteiger partial charge in [-0.15, -0.1) is 11.3 Å². The Hall–Kier alpha value is -6.88. The van der Waals surface area contributed by atoms with Crippen LogP contribution in [0.4, 0.5) is 22.1 Å². The molecule has 0 aliphatic rings. The minimum Gasteiger partial charge on any atom is -0.480 e. The summed E-state index contributed by atoms with van der Waals surface area (Å²) in [7, 11) is -3.06. The molecule has 302 valence electrons. The predicted molar refractivity (Wildman–Crippen MR) is 211 cm³/mol. The molecular formula is C34H28Cl2N8O12S2. The lowest BCUT2D eigenvalue weighted by Crippen LogP contribution is -2.35. The monoisotopic (exact) mass is 874 g/mol. The number of hydrogen-bond acceptors (Lipinski definition) is 16. The van der Waals surface area contributed by atoms with E-state index < -0.39 is 49.3 Å². The van der Waals surface area contributed by atoms with Crippen molar-refractivity contribution in [2.45, 2.75) is 11.8 Å². The molecule has 0 aliphatic carbocycles. The number of carboxylic acid groups (broad SMARTS) is 2. The molecule has 0 atom stereocenters.